The number of aryl methyl sites for hydroxylation is 3. The summed E-state index contributed by atoms with van der Waals surface area (Å²) in [6.07, 6.45) is 2.26. The lowest BCUT2D eigenvalue weighted by Gasteiger charge is -1.87. The van der Waals surface area contributed by atoms with Gasteiger partial charge in [0.2, 0.25) is 6.41 Å². The van der Waals surface area contributed by atoms with Gasteiger partial charge in [0.05, 0.1) is 5.69 Å². The Kier molecular flexibility index (Phi) is 3.95. The predicted octanol–water partition coefficient (Wildman–Crippen LogP) is 0.138. The molecule has 11 heavy (non-hydrogen) atoms. The van der Waals surface area contributed by atoms with Crippen molar-refractivity contribution in [1.29, 1.82) is 0 Å². The molecule has 0 aromatic carbocycles. The summed E-state index contributed by atoms with van der Waals surface area (Å²) in [6.45, 7) is 3.99. The van der Waals surface area contributed by atoms with E-state index in [9.17, 15) is 0 Å². The molecule has 0 spiro atoms. The van der Waals surface area contributed by atoms with E-state index in [0.717, 1.165) is 11.5 Å². The fourth-order valence-electron chi connectivity index (χ4n) is 0.737. The molecule has 0 aliphatic rings. The van der Waals surface area contributed by atoms with E-state index in [2.05, 4.69) is 10.7 Å². The van der Waals surface area contributed by atoms with Crippen molar-refractivity contribution in [1.82, 2.24) is 9.55 Å². The van der Waals surface area contributed by atoms with Crippen LogP contribution < -0.4 is 5.73 Å². The van der Waals surface area contributed by atoms with Gasteiger partial charge in [0.15, 0.2) is 0 Å². The van der Waals surface area contributed by atoms with Crippen LogP contribution in [-0.4, -0.2) is 16.0 Å². The summed E-state index contributed by atoms with van der Waals surface area (Å²) in [5, 5.41) is 0. The number of imidazole rings is 1. The van der Waals surface area contributed by atoms with Crippen LogP contribution in [0.2, 0.25) is 0 Å². The van der Waals surface area contributed by atoms with Crippen molar-refractivity contribution in [2.45, 2.75) is 13.8 Å². The van der Waals surface area contributed by atoms with E-state index in [1.807, 2.05) is 31.7 Å². The topological polar surface area (TPSA) is 60.9 Å². The minimum Gasteiger partial charge on any atom is -0.372 e. The monoisotopic (exact) mass is 155 g/mol. The zero-order valence-corrected chi connectivity index (χ0v) is 7.03. The number of carbonyl (C=O) groups is 1. The number of carbonyl (C=O) groups excluding carboxylic acids is 1. The van der Waals surface area contributed by atoms with E-state index >= 15 is 0 Å². The van der Waals surface area contributed by atoms with E-state index in [1.54, 1.807) is 0 Å². The van der Waals surface area contributed by atoms with Crippen LogP contribution in [0.4, 0.5) is 0 Å². The second-order valence-corrected chi connectivity index (χ2v) is 2.18. The lowest BCUT2D eigenvalue weighted by Crippen LogP contribution is -1.86. The highest BCUT2D eigenvalue weighted by molar-refractivity contribution is 5.42. The molecule has 0 unspecified atom stereocenters. The molecule has 0 saturated carbocycles. The maximum atomic E-state index is 8.58. The molecule has 0 aliphatic carbocycles. The van der Waals surface area contributed by atoms with Crippen LogP contribution in [0.25, 0.3) is 0 Å². The predicted molar refractivity (Wildman–Crippen MR) is 42.9 cm³/mol. The Bertz CT molecular complexity index is 210. The van der Waals surface area contributed by atoms with Crippen molar-refractivity contribution >= 4 is 6.41 Å². The molecule has 62 valence electrons. The van der Waals surface area contributed by atoms with Crippen LogP contribution in [0.15, 0.2) is 6.20 Å². The minimum atomic E-state index is 0.250. The van der Waals surface area contributed by atoms with E-state index in [1.165, 1.54) is 0 Å². The Hall–Kier alpha value is -1.32. The van der Waals surface area contributed by atoms with Crippen LogP contribution >= 0.6 is 0 Å². The van der Waals surface area contributed by atoms with Crippen molar-refractivity contribution in [2.75, 3.05) is 0 Å². The molecule has 4 heteroatoms. The molecule has 0 atom stereocenters. The Morgan fingerprint density at radius 1 is 1.64 bits per heavy atom. The van der Waals surface area contributed by atoms with Crippen LogP contribution in [0, 0.1) is 13.8 Å². The van der Waals surface area contributed by atoms with Crippen molar-refractivity contribution in [2.24, 2.45) is 12.8 Å². The number of nitrogens with two attached hydrogens (primary N) is 1. The van der Waals surface area contributed by atoms with Gasteiger partial charge >= 0.3 is 0 Å². The van der Waals surface area contributed by atoms with E-state index in [4.69, 9.17) is 4.79 Å². The lowest BCUT2D eigenvalue weighted by molar-refractivity contribution is -0.106. The average Bonchev–Trinajstić information content (AvgIpc) is 2.12. The van der Waals surface area contributed by atoms with Gasteiger partial charge in [-0.05, 0) is 13.8 Å². The van der Waals surface area contributed by atoms with Gasteiger partial charge in [-0.3, -0.25) is 4.79 Å². The second kappa shape index (κ2) is 4.49. The number of rotatable bonds is 0. The summed E-state index contributed by atoms with van der Waals surface area (Å²) in [5.41, 5.74) is 5.25. The number of hydrogen-bond donors (Lipinski definition) is 1. The third kappa shape index (κ3) is 3.40. The van der Waals surface area contributed by atoms with E-state index < -0.39 is 0 Å². The van der Waals surface area contributed by atoms with Gasteiger partial charge < -0.3 is 10.3 Å². The first-order valence-electron chi connectivity index (χ1n) is 3.23. The summed E-state index contributed by atoms with van der Waals surface area (Å²) in [5.74, 6) is 1.07. The smallest absolute Gasteiger partial charge is 0.204 e. The average molecular weight is 155 g/mol. The Balaban J connectivity index is 0.000000292. The normalized spacial score (nSPS) is 8.27. The fourth-order valence-corrected chi connectivity index (χ4v) is 0.737. The highest BCUT2D eigenvalue weighted by atomic mass is 16.1. The number of aromatic nitrogens is 2. The van der Waals surface area contributed by atoms with E-state index in [0.29, 0.717) is 0 Å². The van der Waals surface area contributed by atoms with Crippen molar-refractivity contribution < 1.29 is 4.79 Å². The molecule has 0 saturated heterocycles. The molecule has 1 heterocycles. The van der Waals surface area contributed by atoms with Gasteiger partial charge in [0, 0.05) is 13.2 Å². The summed E-state index contributed by atoms with van der Waals surface area (Å²) in [7, 11) is 2.00. The largest absolute Gasteiger partial charge is 0.372 e. The van der Waals surface area contributed by atoms with Gasteiger partial charge in [0.1, 0.15) is 5.82 Å². The molecule has 1 amide bonds. The van der Waals surface area contributed by atoms with Crippen LogP contribution in [0.3, 0.4) is 0 Å². The number of nitrogens with zero attached hydrogens (tertiary/aromatic N) is 2. The zero-order chi connectivity index (χ0) is 8.85. The molecule has 1 rings (SSSR count). The molecule has 0 bridgehead atoms. The van der Waals surface area contributed by atoms with Crippen molar-refractivity contribution in [3.05, 3.63) is 17.7 Å². The summed E-state index contributed by atoms with van der Waals surface area (Å²) in [4.78, 5) is 12.8. The van der Waals surface area contributed by atoms with Crippen molar-refractivity contribution in [3.8, 4) is 0 Å². The molecule has 1 aromatic rings. The molecule has 0 aliphatic heterocycles. The summed E-state index contributed by atoms with van der Waals surface area (Å²) >= 11 is 0. The van der Waals surface area contributed by atoms with E-state index in [-0.39, 0.29) is 6.41 Å². The summed E-state index contributed by atoms with van der Waals surface area (Å²) in [6, 6.07) is 0. The SMILES string of the molecule is Cc1cn(C)c(C)n1.NC=O. The first-order valence-corrected chi connectivity index (χ1v) is 3.23. The number of amides is 1. The second-order valence-electron chi connectivity index (χ2n) is 2.18. The van der Waals surface area contributed by atoms with Crippen LogP contribution in [0.1, 0.15) is 11.5 Å². The molecule has 1 aromatic heterocycles. The van der Waals surface area contributed by atoms with Gasteiger partial charge in [-0.1, -0.05) is 0 Å². The molecular formula is C7H13N3O. The maximum absolute atomic E-state index is 8.58. The first kappa shape index (κ1) is 9.68. The third-order valence-corrected chi connectivity index (χ3v) is 1.23. The number of hydrogen-bond acceptors (Lipinski definition) is 2. The van der Waals surface area contributed by atoms with Gasteiger partial charge in [-0.25, -0.2) is 4.98 Å². The Labute approximate surface area is 66.0 Å². The Morgan fingerprint density at radius 3 is 2.18 bits per heavy atom. The summed E-state index contributed by atoms with van der Waals surface area (Å²) < 4.78 is 2.01. The Morgan fingerprint density at radius 2 is 2.09 bits per heavy atom. The third-order valence-electron chi connectivity index (χ3n) is 1.23. The van der Waals surface area contributed by atoms with Gasteiger partial charge in [0.25, 0.3) is 0 Å². The molecule has 2 N–H and O–H groups in total. The highest BCUT2D eigenvalue weighted by Gasteiger charge is 1.91. The molecule has 0 fully saturated rings. The van der Waals surface area contributed by atoms with Gasteiger partial charge in [-0.2, -0.15) is 0 Å². The lowest BCUT2D eigenvalue weighted by atomic mass is 10.6. The quantitative estimate of drug-likeness (QED) is 0.542. The van der Waals surface area contributed by atoms with Crippen LogP contribution in [0.5, 0.6) is 0 Å². The van der Waals surface area contributed by atoms with Crippen molar-refractivity contribution in [3.63, 3.8) is 0 Å². The highest BCUT2D eigenvalue weighted by Crippen LogP contribution is 1.95. The zero-order valence-electron chi connectivity index (χ0n) is 7.03. The maximum Gasteiger partial charge on any atom is 0.204 e. The van der Waals surface area contributed by atoms with Crippen LogP contribution in [-0.2, 0) is 11.8 Å². The standard InChI is InChI=1S/C6H10N2.CH3NO/c1-5-4-8(3)6(2)7-5;2-1-3/h4H,1-3H3;1H,(H2,2,3). The first-order chi connectivity index (χ1) is 5.11. The molecular weight excluding hydrogens is 142 g/mol. The fraction of sp³-hybridized carbons (Fsp3) is 0.429. The van der Waals surface area contributed by atoms with Gasteiger partial charge in [-0.15, -0.1) is 0 Å². The number of primary amides is 1. The molecule has 0 radical (unpaired) electrons. The minimum absolute atomic E-state index is 0.250. The molecule has 4 nitrogen and oxygen atoms in total.